The Balaban J connectivity index is 2.58. The predicted octanol–water partition coefficient (Wildman–Crippen LogP) is 0.263. The van der Waals surface area contributed by atoms with Crippen LogP contribution in [0.3, 0.4) is 0 Å². The van der Waals surface area contributed by atoms with Gasteiger partial charge < -0.3 is 21.6 Å². The number of primary amides is 1. The molecule has 114 valence electrons. The molecule has 1 fully saturated rings. The summed E-state index contributed by atoms with van der Waals surface area (Å²) in [6.07, 6.45) is 3.26. The van der Waals surface area contributed by atoms with Crippen LogP contribution < -0.4 is 11.5 Å². The highest BCUT2D eigenvalue weighted by Crippen LogP contribution is 2.22. The van der Waals surface area contributed by atoms with E-state index in [1.807, 2.05) is 6.92 Å². The topological polar surface area (TPSA) is 122 Å². The van der Waals surface area contributed by atoms with Gasteiger partial charge in [-0.1, -0.05) is 18.5 Å². The second-order valence-electron chi connectivity index (χ2n) is 5.31. The zero-order valence-corrected chi connectivity index (χ0v) is 11.9. The first kappa shape index (κ1) is 16.3. The summed E-state index contributed by atoms with van der Waals surface area (Å²) in [5.74, 6) is -0.728. The number of amidine groups is 1. The molecule has 20 heavy (non-hydrogen) atoms. The number of hydrogen-bond acceptors (Lipinski definition) is 4. The van der Waals surface area contributed by atoms with E-state index in [4.69, 9.17) is 16.7 Å². The second-order valence-corrected chi connectivity index (χ2v) is 5.31. The molecule has 7 heteroatoms. The van der Waals surface area contributed by atoms with Gasteiger partial charge in [-0.3, -0.25) is 9.59 Å². The summed E-state index contributed by atoms with van der Waals surface area (Å²) in [5.41, 5.74) is 10.8. The van der Waals surface area contributed by atoms with Gasteiger partial charge in [-0.25, -0.2) is 0 Å². The molecule has 1 aliphatic rings. The molecule has 0 bridgehead atoms. The maximum Gasteiger partial charge on any atom is 0.233 e. The monoisotopic (exact) mass is 284 g/mol. The number of carbonyl (C=O) groups is 2. The molecule has 1 saturated heterocycles. The molecule has 7 nitrogen and oxygen atoms in total. The fourth-order valence-corrected chi connectivity index (χ4v) is 2.62. The average Bonchev–Trinajstić information content (AvgIpc) is 2.43. The molecular formula is C13H24N4O3. The van der Waals surface area contributed by atoms with Gasteiger partial charge in [-0.2, -0.15) is 0 Å². The van der Waals surface area contributed by atoms with Crippen molar-refractivity contribution in [2.45, 2.75) is 39.0 Å². The Kier molecular flexibility index (Phi) is 6.27. The van der Waals surface area contributed by atoms with Crippen LogP contribution in [0.1, 0.15) is 39.0 Å². The van der Waals surface area contributed by atoms with Gasteiger partial charge in [-0.15, -0.1) is 0 Å². The number of piperidine rings is 1. The van der Waals surface area contributed by atoms with Crippen molar-refractivity contribution in [1.29, 1.82) is 0 Å². The van der Waals surface area contributed by atoms with Crippen molar-refractivity contribution in [3.8, 4) is 0 Å². The molecule has 5 N–H and O–H groups in total. The summed E-state index contributed by atoms with van der Waals surface area (Å²) < 4.78 is 0. The highest BCUT2D eigenvalue weighted by atomic mass is 16.4. The Morgan fingerprint density at radius 3 is 2.40 bits per heavy atom. The predicted molar refractivity (Wildman–Crippen MR) is 74.9 cm³/mol. The summed E-state index contributed by atoms with van der Waals surface area (Å²) in [6.45, 7) is 3.13. The lowest BCUT2D eigenvalue weighted by Crippen LogP contribution is -2.45. The van der Waals surface area contributed by atoms with Crippen LogP contribution in [-0.4, -0.2) is 40.8 Å². The van der Waals surface area contributed by atoms with Crippen LogP contribution in [0, 0.1) is 11.8 Å². The van der Waals surface area contributed by atoms with E-state index in [2.05, 4.69) is 5.16 Å². The Morgan fingerprint density at radius 2 is 1.95 bits per heavy atom. The van der Waals surface area contributed by atoms with Gasteiger partial charge in [0.2, 0.25) is 11.8 Å². The maximum atomic E-state index is 12.4. The van der Waals surface area contributed by atoms with Crippen LogP contribution in [0.15, 0.2) is 5.16 Å². The number of rotatable bonds is 6. The fourth-order valence-electron chi connectivity index (χ4n) is 2.62. The quantitative estimate of drug-likeness (QED) is 0.280. The van der Waals surface area contributed by atoms with E-state index in [1.165, 1.54) is 0 Å². The van der Waals surface area contributed by atoms with Crippen molar-refractivity contribution in [2.75, 3.05) is 13.1 Å². The second kappa shape index (κ2) is 7.72. The zero-order valence-electron chi connectivity index (χ0n) is 11.9. The van der Waals surface area contributed by atoms with Crippen molar-refractivity contribution >= 4 is 17.6 Å². The van der Waals surface area contributed by atoms with E-state index >= 15 is 0 Å². The van der Waals surface area contributed by atoms with Gasteiger partial charge in [0.1, 0.15) is 0 Å². The normalized spacial score (nSPS) is 18.9. The lowest BCUT2D eigenvalue weighted by Gasteiger charge is -2.33. The smallest absolute Gasteiger partial charge is 0.233 e. The van der Waals surface area contributed by atoms with Crippen molar-refractivity contribution in [3.63, 3.8) is 0 Å². The Bertz CT molecular complexity index is 376. The first-order valence-electron chi connectivity index (χ1n) is 7.04. The molecule has 0 aliphatic carbocycles. The molecular weight excluding hydrogens is 260 g/mol. The minimum absolute atomic E-state index is 0.0314. The maximum absolute atomic E-state index is 12.4. The number of amides is 2. The Hall–Kier alpha value is -1.79. The molecule has 1 atom stereocenters. The van der Waals surface area contributed by atoms with E-state index < -0.39 is 5.92 Å². The standard InChI is InChI=1S/C13H24N4O3/c1-2-3-10(12(15)16-20)13(19)17-6-4-9(5-7-17)8-11(14)18/h9-10,20H,2-8H2,1H3,(H2,14,18)(H2,15,16). The molecule has 2 amide bonds. The van der Waals surface area contributed by atoms with E-state index in [0.29, 0.717) is 25.9 Å². The van der Waals surface area contributed by atoms with Gasteiger partial charge in [0.25, 0.3) is 0 Å². The summed E-state index contributed by atoms with van der Waals surface area (Å²) in [5, 5.41) is 11.7. The number of carbonyl (C=O) groups excluding carboxylic acids is 2. The average molecular weight is 284 g/mol. The van der Waals surface area contributed by atoms with Gasteiger partial charge in [0, 0.05) is 19.5 Å². The van der Waals surface area contributed by atoms with Crippen LogP contribution >= 0.6 is 0 Å². The zero-order chi connectivity index (χ0) is 15.1. The molecule has 1 aliphatic heterocycles. The van der Waals surface area contributed by atoms with Gasteiger partial charge in [0.05, 0.1) is 5.92 Å². The lowest BCUT2D eigenvalue weighted by atomic mass is 9.92. The highest BCUT2D eigenvalue weighted by Gasteiger charge is 2.30. The van der Waals surface area contributed by atoms with Crippen LogP contribution in [0.5, 0.6) is 0 Å². The van der Waals surface area contributed by atoms with E-state index in [0.717, 1.165) is 19.3 Å². The number of likely N-dealkylation sites (tertiary alicyclic amines) is 1. The van der Waals surface area contributed by atoms with E-state index in [1.54, 1.807) is 4.90 Å². The molecule has 1 unspecified atom stereocenters. The largest absolute Gasteiger partial charge is 0.409 e. The molecule has 0 spiro atoms. The van der Waals surface area contributed by atoms with Crippen molar-refractivity contribution in [1.82, 2.24) is 4.90 Å². The van der Waals surface area contributed by atoms with E-state index in [9.17, 15) is 9.59 Å². The number of oxime groups is 1. The van der Waals surface area contributed by atoms with Gasteiger partial charge in [-0.05, 0) is 25.2 Å². The number of nitrogens with zero attached hydrogens (tertiary/aromatic N) is 2. The molecule has 1 rings (SSSR count). The summed E-state index contributed by atoms with van der Waals surface area (Å²) in [7, 11) is 0. The molecule has 0 saturated carbocycles. The first-order valence-corrected chi connectivity index (χ1v) is 7.04. The van der Waals surface area contributed by atoms with Crippen LogP contribution in [-0.2, 0) is 9.59 Å². The number of nitrogens with two attached hydrogens (primary N) is 2. The minimum Gasteiger partial charge on any atom is -0.409 e. The molecule has 1 heterocycles. The SMILES string of the molecule is CCCC(C(=O)N1CCC(CC(N)=O)CC1)C(N)=NO. The Labute approximate surface area is 119 Å². The van der Waals surface area contributed by atoms with Crippen LogP contribution in [0.4, 0.5) is 0 Å². The molecule has 0 aromatic rings. The Morgan fingerprint density at radius 1 is 1.35 bits per heavy atom. The van der Waals surface area contributed by atoms with Gasteiger partial charge >= 0.3 is 0 Å². The molecule has 0 aromatic heterocycles. The van der Waals surface area contributed by atoms with Crippen LogP contribution in [0.25, 0.3) is 0 Å². The third-order valence-electron chi connectivity index (χ3n) is 3.76. The summed E-state index contributed by atoms with van der Waals surface area (Å²) in [6, 6.07) is 0. The summed E-state index contributed by atoms with van der Waals surface area (Å²) in [4.78, 5) is 25.0. The molecule has 0 aromatic carbocycles. The third-order valence-corrected chi connectivity index (χ3v) is 3.76. The molecule has 0 radical (unpaired) electrons. The van der Waals surface area contributed by atoms with Crippen LogP contribution in [0.2, 0.25) is 0 Å². The van der Waals surface area contributed by atoms with Crippen molar-refractivity contribution in [2.24, 2.45) is 28.5 Å². The van der Waals surface area contributed by atoms with Crippen molar-refractivity contribution in [3.05, 3.63) is 0 Å². The van der Waals surface area contributed by atoms with Crippen molar-refractivity contribution < 1.29 is 14.8 Å². The lowest BCUT2D eigenvalue weighted by molar-refractivity contribution is -0.135. The first-order chi connectivity index (χ1) is 9.49. The van der Waals surface area contributed by atoms with Gasteiger partial charge in [0.15, 0.2) is 5.84 Å². The highest BCUT2D eigenvalue weighted by molar-refractivity contribution is 6.02. The minimum atomic E-state index is -0.558. The number of hydrogen-bond donors (Lipinski definition) is 3. The third kappa shape index (κ3) is 4.40. The summed E-state index contributed by atoms with van der Waals surface area (Å²) >= 11 is 0. The fraction of sp³-hybridized carbons (Fsp3) is 0.769. The van der Waals surface area contributed by atoms with E-state index in [-0.39, 0.29) is 23.6 Å².